The number of piperazine rings is 1. The number of hydrogen-bond acceptors (Lipinski definition) is 5. The third kappa shape index (κ3) is 4.19. The molecule has 1 aliphatic heterocycles. The lowest BCUT2D eigenvalue weighted by atomic mass is 10.3. The molecular formula is C13H21ClN4O2. The van der Waals surface area contributed by atoms with Crippen LogP contribution in [0.25, 0.3) is 0 Å². The van der Waals surface area contributed by atoms with Crippen molar-refractivity contribution < 1.29 is 4.74 Å². The zero-order valence-electron chi connectivity index (χ0n) is 11.8. The van der Waals surface area contributed by atoms with E-state index in [0.29, 0.717) is 25.6 Å². The monoisotopic (exact) mass is 300 g/mol. The van der Waals surface area contributed by atoms with Crippen LogP contribution in [0.1, 0.15) is 0 Å². The second kappa shape index (κ2) is 7.61. The Bertz CT molecular complexity index is 472. The second-order valence-corrected chi connectivity index (χ2v) is 5.24. The molecule has 1 saturated heterocycles. The third-order valence-corrected chi connectivity index (χ3v) is 3.55. The molecule has 20 heavy (non-hydrogen) atoms. The highest BCUT2D eigenvalue weighted by Gasteiger charge is 2.15. The number of nitrogens with zero attached hydrogens (tertiary/aromatic N) is 4. The van der Waals surface area contributed by atoms with Gasteiger partial charge in [-0.25, -0.2) is 4.68 Å². The van der Waals surface area contributed by atoms with Crippen molar-refractivity contribution in [3.8, 4) is 0 Å². The minimum atomic E-state index is -0.0871. The predicted octanol–water partition coefficient (Wildman–Crippen LogP) is 0.250. The fourth-order valence-electron chi connectivity index (χ4n) is 2.14. The summed E-state index contributed by atoms with van der Waals surface area (Å²) in [4.78, 5) is 16.5. The highest BCUT2D eigenvalue weighted by molar-refractivity contribution is 6.17. The van der Waals surface area contributed by atoms with Gasteiger partial charge in [-0.1, -0.05) is 0 Å². The van der Waals surface area contributed by atoms with Gasteiger partial charge in [0.2, 0.25) is 0 Å². The van der Waals surface area contributed by atoms with Crippen molar-refractivity contribution in [1.82, 2.24) is 14.7 Å². The van der Waals surface area contributed by atoms with Crippen LogP contribution in [0.15, 0.2) is 17.1 Å². The van der Waals surface area contributed by atoms with Crippen LogP contribution in [0.2, 0.25) is 0 Å². The van der Waals surface area contributed by atoms with E-state index in [1.165, 1.54) is 4.68 Å². The van der Waals surface area contributed by atoms with Gasteiger partial charge in [-0.3, -0.25) is 4.79 Å². The van der Waals surface area contributed by atoms with Crippen LogP contribution in [0.5, 0.6) is 0 Å². The first-order valence-electron chi connectivity index (χ1n) is 6.85. The molecule has 0 amide bonds. The number of ether oxygens (including phenoxy) is 1. The van der Waals surface area contributed by atoms with Crippen LogP contribution >= 0.6 is 11.6 Å². The van der Waals surface area contributed by atoms with E-state index in [1.54, 1.807) is 12.3 Å². The van der Waals surface area contributed by atoms with Crippen molar-refractivity contribution in [2.24, 2.45) is 0 Å². The Morgan fingerprint density at radius 1 is 1.30 bits per heavy atom. The van der Waals surface area contributed by atoms with Crippen molar-refractivity contribution in [3.05, 3.63) is 22.6 Å². The molecule has 0 saturated carbocycles. The Morgan fingerprint density at radius 3 is 2.70 bits per heavy atom. The van der Waals surface area contributed by atoms with E-state index < -0.39 is 0 Å². The van der Waals surface area contributed by atoms with Crippen molar-refractivity contribution in [2.75, 3.05) is 57.2 Å². The van der Waals surface area contributed by atoms with Gasteiger partial charge in [0.1, 0.15) is 0 Å². The molecular weight excluding hydrogens is 280 g/mol. The number of alkyl halides is 1. The van der Waals surface area contributed by atoms with Crippen molar-refractivity contribution in [3.63, 3.8) is 0 Å². The lowest BCUT2D eigenvalue weighted by Crippen LogP contribution is -2.45. The van der Waals surface area contributed by atoms with Gasteiger partial charge < -0.3 is 14.5 Å². The molecule has 112 valence electrons. The summed E-state index contributed by atoms with van der Waals surface area (Å²) in [6.07, 6.45) is 1.76. The van der Waals surface area contributed by atoms with E-state index in [2.05, 4.69) is 21.9 Å². The summed E-state index contributed by atoms with van der Waals surface area (Å²) in [5.74, 6) is 0.463. The van der Waals surface area contributed by atoms with Crippen molar-refractivity contribution in [2.45, 2.75) is 6.54 Å². The van der Waals surface area contributed by atoms with E-state index in [9.17, 15) is 4.79 Å². The molecule has 0 unspecified atom stereocenters. The molecule has 1 aromatic heterocycles. The molecule has 0 aliphatic carbocycles. The number of halogens is 1. The average Bonchev–Trinajstić information content (AvgIpc) is 2.46. The quantitative estimate of drug-likeness (QED) is 0.557. The average molecular weight is 301 g/mol. The Kier molecular flexibility index (Phi) is 5.82. The number of likely N-dealkylation sites (N-methyl/N-ethyl adjacent to an activating group) is 1. The maximum atomic E-state index is 12.0. The first kappa shape index (κ1) is 15.3. The molecule has 0 spiro atoms. The smallest absolute Gasteiger partial charge is 0.268 e. The standard InChI is InChI=1S/C13H21ClN4O2/c1-16-3-5-17(6-4-16)12-10-13(19)18(15-11-12)7-9-20-8-2-14/h10-11H,2-9H2,1H3. The summed E-state index contributed by atoms with van der Waals surface area (Å²) in [6, 6.07) is 1.65. The van der Waals surface area contributed by atoms with E-state index in [4.69, 9.17) is 16.3 Å². The topological polar surface area (TPSA) is 50.6 Å². The Hall–Kier alpha value is -1.11. The Labute approximate surface area is 123 Å². The third-order valence-electron chi connectivity index (χ3n) is 3.39. The lowest BCUT2D eigenvalue weighted by molar-refractivity contribution is 0.136. The molecule has 0 radical (unpaired) electrons. The van der Waals surface area contributed by atoms with Crippen molar-refractivity contribution in [1.29, 1.82) is 0 Å². The van der Waals surface area contributed by atoms with Crippen LogP contribution in [0.3, 0.4) is 0 Å². The lowest BCUT2D eigenvalue weighted by Gasteiger charge is -2.33. The molecule has 2 rings (SSSR count). The van der Waals surface area contributed by atoms with Crippen molar-refractivity contribution >= 4 is 17.3 Å². The van der Waals surface area contributed by atoms with E-state index in [1.807, 2.05) is 0 Å². The van der Waals surface area contributed by atoms with Gasteiger partial charge in [-0.2, -0.15) is 5.10 Å². The number of rotatable bonds is 6. The molecule has 2 heterocycles. The van der Waals surface area contributed by atoms with Gasteiger partial charge in [0.25, 0.3) is 5.56 Å². The van der Waals surface area contributed by atoms with Gasteiger partial charge in [0.15, 0.2) is 0 Å². The van der Waals surface area contributed by atoms with Gasteiger partial charge in [-0.15, -0.1) is 11.6 Å². The molecule has 0 bridgehead atoms. The zero-order chi connectivity index (χ0) is 14.4. The van der Waals surface area contributed by atoms with Gasteiger partial charge in [0, 0.05) is 38.1 Å². The van der Waals surface area contributed by atoms with Crippen LogP contribution in [-0.4, -0.2) is 67.0 Å². The zero-order valence-corrected chi connectivity index (χ0v) is 12.6. The van der Waals surface area contributed by atoms with Gasteiger partial charge in [-0.05, 0) is 7.05 Å². The summed E-state index contributed by atoms with van der Waals surface area (Å²) in [5, 5.41) is 4.21. The fourth-order valence-corrected chi connectivity index (χ4v) is 2.25. The van der Waals surface area contributed by atoms with E-state index >= 15 is 0 Å². The van der Waals surface area contributed by atoms with Gasteiger partial charge in [0.05, 0.1) is 31.6 Å². The predicted molar refractivity (Wildman–Crippen MR) is 79.7 cm³/mol. The molecule has 1 fully saturated rings. The molecule has 0 N–H and O–H groups in total. The SMILES string of the molecule is CN1CCN(c2cnn(CCOCCCl)c(=O)c2)CC1. The highest BCUT2D eigenvalue weighted by atomic mass is 35.5. The largest absolute Gasteiger partial charge is 0.378 e. The van der Waals surface area contributed by atoms with E-state index in [-0.39, 0.29) is 5.56 Å². The fraction of sp³-hybridized carbons (Fsp3) is 0.692. The van der Waals surface area contributed by atoms with Gasteiger partial charge >= 0.3 is 0 Å². The Balaban J connectivity index is 1.93. The summed E-state index contributed by atoms with van der Waals surface area (Å²) in [6.45, 7) is 5.29. The Morgan fingerprint density at radius 2 is 2.05 bits per heavy atom. The highest BCUT2D eigenvalue weighted by Crippen LogP contribution is 2.11. The molecule has 1 aliphatic rings. The van der Waals surface area contributed by atoms with Crippen LogP contribution < -0.4 is 10.5 Å². The summed E-state index contributed by atoms with van der Waals surface area (Å²) < 4.78 is 6.68. The van der Waals surface area contributed by atoms with Crippen LogP contribution in [-0.2, 0) is 11.3 Å². The molecule has 0 aromatic carbocycles. The first-order valence-corrected chi connectivity index (χ1v) is 7.38. The summed E-state index contributed by atoms with van der Waals surface area (Å²) >= 11 is 5.51. The normalized spacial score (nSPS) is 16.6. The summed E-state index contributed by atoms with van der Waals surface area (Å²) in [7, 11) is 2.11. The second-order valence-electron chi connectivity index (χ2n) is 4.87. The molecule has 7 heteroatoms. The number of anilines is 1. The number of aromatic nitrogens is 2. The molecule has 0 atom stereocenters. The van der Waals surface area contributed by atoms with Crippen LogP contribution in [0.4, 0.5) is 5.69 Å². The maximum Gasteiger partial charge on any atom is 0.268 e. The van der Waals surface area contributed by atoms with Crippen LogP contribution in [0, 0.1) is 0 Å². The minimum absolute atomic E-state index is 0.0871. The minimum Gasteiger partial charge on any atom is -0.378 e. The number of hydrogen-bond donors (Lipinski definition) is 0. The maximum absolute atomic E-state index is 12.0. The van der Waals surface area contributed by atoms with E-state index in [0.717, 1.165) is 31.9 Å². The first-order chi connectivity index (χ1) is 9.70. The molecule has 1 aromatic rings. The summed E-state index contributed by atoms with van der Waals surface area (Å²) in [5.41, 5.74) is 0.817. The molecule has 6 nitrogen and oxygen atoms in total.